The highest BCUT2D eigenvalue weighted by atomic mass is 19.4. The highest BCUT2D eigenvalue weighted by molar-refractivity contribution is 5.95. The number of amides is 1. The van der Waals surface area contributed by atoms with E-state index in [2.05, 4.69) is 5.32 Å². The normalized spacial score (nSPS) is 11.0. The first-order valence-electron chi connectivity index (χ1n) is 8.20. The lowest BCUT2D eigenvalue weighted by Gasteiger charge is -2.23. The van der Waals surface area contributed by atoms with E-state index in [-0.39, 0.29) is 18.8 Å². The number of ether oxygens (including phenoxy) is 1. The van der Waals surface area contributed by atoms with Gasteiger partial charge in [-0.2, -0.15) is 13.2 Å². The van der Waals surface area contributed by atoms with Gasteiger partial charge < -0.3 is 15.0 Å². The number of nitro groups is 1. The monoisotopic (exact) mass is 397 g/mol. The summed E-state index contributed by atoms with van der Waals surface area (Å²) in [4.78, 5) is 24.1. The number of hydrogen-bond donors (Lipinski definition) is 1. The van der Waals surface area contributed by atoms with Crippen LogP contribution in [0, 0.1) is 10.1 Å². The van der Waals surface area contributed by atoms with Gasteiger partial charge in [-0.15, -0.1) is 0 Å². The van der Waals surface area contributed by atoms with Crippen LogP contribution in [0.5, 0.6) is 5.75 Å². The predicted octanol–water partition coefficient (Wildman–Crippen LogP) is 4.09. The molecule has 1 amide bonds. The Labute approximate surface area is 158 Å². The summed E-state index contributed by atoms with van der Waals surface area (Å²) in [5.74, 6) is -0.0695. The van der Waals surface area contributed by atoms with Gasteiger partial charge in [0, 0.05) is 12.6 Å². The number of rotatable bonds is 7. The lowest BCUT2D eigenvalue weighted by molar-refractivity contribution is -0.384. The number of hydrogen-bond acceptors (Lipinski definition) is 5. The molecule has 2 aromatic carbocycles. The highest BCUT2D eigenvalue weighted by Gasteiger charge is 2.33. The third-order valence-electron chi connectivity index (χ3n) is 3.94. The standard InChI is InChI=1S/C18H18F3N3O4/c1-3-23(11-17(25)22-13-6-4-5-7-16(13)28-2)14-9-8-12(18(19,20)21)10-15(14)24(26)27/h4-10H,3,11H2,1-2H3,(H,22,25). The van der Waals surface area contributed by atoms with Crippen molar-refractivity contribution >= 4 is 23.0 Å². The van der Waals surface area contributed by atoms with Gasteiger partial charge in [0.25, 0.3) is 5.69 Å². The zero-order valence-electron chi connectivity index (χ0n) is 15.1. The number of carbonyl (C=O) groups is 1. The summed E-state index contributed by atoms with van der Waals surface area (Å²) in [6, 6.07) is 8.90. The van der Waals surface area contributed by atoms with Crippen LogP contribution in [0.1, 0.15) is 12.5 Å². The Balaban J connectivity index is 2.27. The average molecular weight is 397 g/mol. The summed E-state index contributed by atoms with van der Waals surface area (Å²) >= 11 is 0. The van der Waals surface area contributed by atoms with E-state index in [1.54, 1.807) is 31.2 Å². The Morgan fingerprint density at radius 2 is 1.93 bits per heavy atom. The first-order valence-corrected chi connectivity index (χ1v) is 8.20. The molecule has 0 radical (unpaired) electrons. The molecule has 0 aliphatic rings. The smallest absolute Gasteiger partial charge is 0.416 e. The molecule has 0 saturated heterocycles. The van der Waals surface area contributed by atoms with E-state index < -0.39 is 28.3 Å². The summed E-state index contributed by atoms with van der Waals surface area (Å²) in [5.41, 5.74) is -1.51. The van der Waals surface area contributed by atoms with Gasteiger partial charge in [-0.25, -0.2) is 0 Å². The van der Waals surface area contributed by atoms with Gasteiger partial charge in [0.05, 0.1) is 29.8 Å². The van der Waals surface area contributed by atoms with Crippen LogP contribution in [0.2, 0.25) is 0 Å². The van der Waals surface area contributed by atoms with Crippen LogP contribution in [0.4, 0.5) is 30.2 Å². The molecule has 1 N–H and O–H groups in total. The van der Waals surface area contributed by atoms with Crippen LogP contribution in [0.25, 0.3) is 0 Å². The van der Waals surface area contributed by atoms with E-state index in [4.69, 9.17) is 4.74 Å². The van der Waals surface area contributed by atoms with Crippen molar-refractivity contribution < 1.29 is 27.6 Å². The van der Waals surface area contributed by atoms with Crippen LogP contribution in [0.3, 0.4) is 0 Å². The Morgan fingerprint density at radius 3 is 2.50 bits per heavy atom. The molecule has 2 aromatic rings. The predicted molar refractivity (Wildman–Crippen MR) is 97.6 cm³/mol. The van der Waals surface area contributed by atoms with Crippen molar-refractivity contribution in [3.8, 4) is 5.75 Å². The minimum absolute atomic E-state index is 0.0734. The summed E-state index contributed by atoms with van der Waals surface area (Å²) in [7, 11) is 1.44. The second-order valence-electron chi connectivity index (χ2n) is 5.72. The van der Waals surface area contributed by atoms with E-state index in [0.29, 0.717) is 17.5 Å². The van der Waals surface area contributed by atoms with E-state index in [0.717, 1.165) is 12.1 Å². The molecule has 28 heavy (non-hydrogen) atoms. The molecule has 10 heteroatoms. The molecule has 0 saturated carbocycles. The molecule has 0 fully saturated rings. The highest BCUT2D eigenvalue weighted by Crippen LogP contribution is 2.36. The number of nitrogens with one attached hydrogen (secondary N) is 1. The van der Waals surface area contributed by atoms with Crippen molar-refractivity contribution in [3.05, 3.63) is 58.1 Å². The topological polar surface area (TPSA) is 84.7 Å². The van der Waals surface area contributed by atoms with E-state index >= 15 is 0 Å². The number of nitrogens with zero attached hydrogens (tertiary/aromatic N) is 2. The molecule has 0 aromatic heterocycles. The number of anilines is 2. The molecular formula is C18H18F3N3O4. The zero-order chi connectivity index (χ0) is 20.9. The third-order valence-corrected chi connectivity index (χ3v) is 3.94. The fourth-order valence-electron chi connectivity index (χ4n) is 2.59. The van der Waals surface area contributed by atoms with Crippen molar-refractivity contribution in [2.24, 2.45) is 0 Å². The Bertz CT molecular complexity index is 871. The van der Waals surface area contributed by atoms with Gasteiger partial charge in [-0.3, -0.25) is 14.9 Å². The Hall–Kier alpha value is -3.30. The maximum Gasteiger partial charge on any atom is 0.416 e. The number of para-hydroxylation sites is 2. The van der Waals surface area contributed by atoms with Crippen LogP contribution in [-0.2, 0) is 11.0 Å². The number of methoxy groups -OCH3 is 1. The van der Waals surface area contributed by atoms with E-state index in [1.165, 1.54) is 12.0 Å². The summed E-state index contributed by atoms with van der Waals surface area (Å²) in [5, 5.41) is 13.9. The molecular weight excluding hydrogens is 379 g/mol. The van der Waals surface area contributed by atoms with Gasteiger partial charge in [0.15, 0.2) is 0 Å². The van der Waals surface area contributed by atoms with Gasteiger partial charge in [0.1, 0.15) is 11.4 Å². The Morgan fingerprint density at radius 1 is 1.25 bits per heavy atom. The number of likely N-dealkylation sites (N-methyl/N-ethyl adjacent to an activating group) is 1. The number of alkyl halides is 3. The molecule has 0 unspecified atom stereocenters. The van der Waals surface area contributed by atoms with Crippen molar-refractivity contribution in [3.63, 3.8) is 0 Å². The van der Waals surface area contributed by atoms with Gasteiger partial charge in [0.2, 0.25) is 5.91 Å². The largest absolute Gasteiger partial charge is 0.495 e. The van der Waals surface area contributed by atoms with E-state index in [1.807, 2.05) is 0 Å². The fraction of sp³-hybridized carbons (Fsp3) is 0.278. The molecule has 0 atom stereocenters. The summed E-state index contributed by atoms with van der Waals surface area (Å²) in [6.07, 6.45) is -4.71. The van der Waals surface area contributed by atoms with Crippen molar-refractivity contribution in [1.29, 1.82) is 0 Å². The molecule has 0 aliphatic heterocycles. The number of halogens is 3. The SMILES string of the molecule is CCN(CC(=O)Nc1ccccc1OC)c1ccc(C(F)(F)F)cc1[N+](=O)[O-]. The fourth-order valence-corrected chi connectivity index (χ4v) is 2.59. The first kappa shape index (κ1) is 21.0. The first-order chi connectivity index (χ1) is 13.2. The number of carbonyl (C=O) groups excluding carboxylic acids is 1. The minimum Gasteiger partial charge on any atom is -0.495 e. The van der Waals surface area contributed by atoms with Gasteiger partial charge in [-0.05, 0) is 31.2 Å². The summed E-state index contributed by atoms with van der Waals surface area (Å²) in [6.45, 7) is 1.52. The molecule has 7 nitrogen and oxygen atoms in total. The maximum atomic E-state index is 12.9. The van der Waals surface area contributed by atoms with Crippen LogP contribution >= 0.6 is 0 Å². The number of nitro benzene ring substituents is 1. The minimum atomic E-state index is -4.71. The van der Waals surface area contributed by atoms with Crippen molar-refractivity contribution in [2.75, 3.05) is 30.4 Å². The molecule has 0 aliphatic carbocycles. The van der Waals surface area contributed by atoms with Gasteiger partial charge >= 0.3 is 6.18 Å². The zero-order valence-corrected chi connectivity index (χ0v) is 15.1. The molecule has 150 valence electrons. The average Bonchev–Trinajstić information content (AvgIpc) is 2.65. The van der Waals surface area contributed by atoms with E-state index in [9.17, 15) is 28.1 Å². The Kier molecular flexibility index (Phi) is 6.45. The lowest BCUT2D eigenvalue weighted by Crippen LogP contribution is -2.33. The molecule has 0 bridgehead atoms. The van der Waals surface area contributed by atoms with Crippen LogP contribution in [-0.4, -0.2) is 31.0 Å². The quantitative estimate of drug-likeness (QED) is 0.562. The summed E-state index contributed by atoms with van der Waals surface area (Å²) < 4.78 is 43.7. The molecule has 0 spiro atoms. The lowest BCUT2D eigenvalue weighted by atomic mass is 10.1. The van der Waals surface area contributed by atoms with Gasteiger partial charge in [-0.1, -0.05) is 12.1 Å². The molecule has 2 rings (SSSR count). The maximum absolute atomic E-state index is 12.9. The van der Waals surface area contributed by atoms with Crippen LogP contribution < -0.4 is 15.0 Å². The van der Waals surface area contributed by atoms with Crippen molar-refractivity contribution in [2.45, 2.75) is 13.1 Å². The van der Waals surface area contributed by atoms with Crippen LogP contribution in [0.15, 0.2) is 42.5 Å². The van der Waals surface area contributed by atoms with Crippen molar-refractivity contribution in [1.82, 2.24) is 0 Å². The number of benzene rings is 2. The second-order valence-corrected chi connectivity index (χ2v) is 5.72. The molecule has 0 heterocycles. The second kappa shape index (κ2) is 8.59. The third kappa shape index (κ3) is 4.90.